The van der Waals surface area contributed by atoms with E-state index >= 15 is 0 Å². The van der Waals surface area contributed by atoms with Gasteiger partial charge in [-0.2, -0.15) is 0 Å². The van der Waals surface area contributed by atoms with Gasteiger partial charge < -0.3 is 4.74 Å². The lowest BCUT2D eigenvalue weighted by atomic mass is 9.81. The molecule has 0 aromatic carbocycles. The fraction of sp³-hybridized carbons (Fsp3) is 0.733. The maximum absolute atomic E-state index is 12.2. The van der Waals surface area contributed by atoms with Crippen molar-refractivity contribution in [3.8, 4) is 0 Å². The Kier molecular flexibility index (Phi) is 5.73. The van der Waals surface area contributed by atoms with Gasteiger partial charge in [0.05, 0.1) is 0 Å². The van der Waals surface area contributed by atoms with Gasteiger partial charge in [-0.1, -0.05) is 33.6 Å². The number of hydrogen-bond acceptors (Lipinski definition) is 3. The molecule has 1 aliphatic carbocycles. The minimum atomic E-state index is -0.885. The van der Waals surface area contributed by atoms with E-state index in [0.29, 0.717) is 25.0 Å². The molecule has 0 fully saturated rings. The Hall–Kier alpha value is -0.960. The summed E-state index contributed by atoms with van der Waals surface area (Å²) in [6, 6.07) is 0. The monoisotopic (exact) mass is 252 g/mol. The van der Waals surface area contributed by atoms with E-state index in [9.17, 15) is 9.59 Å². The zero-order valence-electron chi connectivity index (χ0n) is 11.8. The summed E-state index contributed by atoms with van der Waals surface area (Å²) in [5.41, 5.74) is -0.245. The molecule has 3 heteroatoms. The minimum absolute atomic E-state index is 0.0297. The zero-order chi connectivity index (χ0) is 13.6. The second-order valence-electron chi connectivity index (χ2n) is 4.89. The Morgan fingerprint density at radius 1 is 1.22 bits per heavy atom. The van der Waals surface area contributed by atoms with Crippen molar-refractivity contribution < 1.29 is 14.3 Å². The lowest BCUT2D eigenvalue weighted by Crippen LogP contribution is -2.45. The molecule has 0 aromatic heterocycles. The summed E-state index contributed by atoms with van der Waals surface area (Å²) >= 11 is 0. The minimum Gasteiger partial charge on any atom is -0.366 e. The molecule has 1 aliphatic rings. The predicted octanol–water partition coefficient (Wildman–Crippen LogP) is 3.22. The Morgan fingerprint density at radius 3 is 2.50 bits per heavy atom. The SMILES string of the molecule is CCCCCOC1(CC)CC(=O)C(CC)=CC1=O. The lowest BCUT2D eigenvalue weighted by molar-refractivity contribution is -0.147. The van der Waals surface area contributed by atoms with Crippen LogP contribution in [0.5, 0.6) is 0 Å². The highest BCUT2D eigenvalue weighted by atomic mass is 16.5. The van der Waals surface area contributed by atoms with E-state index in [1.165, 1.54) is 6.08 Å². The molecule has 0 bridgehead atoms. The first-order valence-electron chi connectivity index (χ1n) is 7.01. The van der Waals surface area contributed by atoms with E-state index in [-0.39, 0.29) is 18.0 Å². The predicted molar refractivity (Wildman–Crippen MR) is 71.5 cm³/mol. The van der Waals surface area contributed by atoms with Gasteiger partial charge in [-0.3, -0.25) is 9.59 Å². The highest BCUT2D eigenvalue weighted by Crippen LogP contribution is 2.30. The molecular formula is C15H24O3. The zero-order valence-corrected chi connectivity index (χ0v) is 11.8. The Bertz CT molecular complexity index is 344. The van der Waals surface area contributed by atoms with Crippen molar-refractivity contribution >= 4 is 11.6 Å². The Labute approximate surface area is 110 Å². The largest absolute Gasteiger partial charge is 0.366 e. The van der Waals surface area contributed by atoms with E-state index in [2.05, 4.69) is 6.92 Å². The van der Waals surface area contributed by atoms with Gasteiger partial charge in [0.1, 0.15) is 5.60 Å². The standard InChI is InChI=1S/C15H24O3/c1-4-7-8-9-18-15(6-3)11-13(16)12(5-2)10-14(15)17/h10H,4-9,11H2,1-3H3. The molecule has 1 atom stereocenters. The molecule has 18 heavy (non-hydrogen) atoms. The van der Waals surface area contributed by atoms with Crippen molar-refractivity contribution in [3.05, 3.63) is 11.6 Å². The van der Waals surface area contributed by atoms with Crippen molar-refractivity contribution in [1.82, 2.24) is 0 Å². The van der Waals surface area contributed by atoms with E-state index in [1.54, 1.807) is 0 Å². The molecule has 3 nitrogen and oxygen atoms in total. The summed E-state index contributed by atoms with van der Waals surface area (Å²) in [5.74, 6) is 0.0346. The number of allylic oxidation sites excluding steroid dienone is 1. The number of Topliss-reactive ketones (excluding diaryl/α,β-unsaturated/α-hetero) is 1. The summed E-state index contributed by atoms with van der Waals surface area (Å²) in [6.07, 6.45) is 6.07. The number of unbranched alkanes of at least 4 members (excludes halogenated alkanes) is 2. The molecule has 1 unspecified atom stereocenters. The Balaban J connectivity index is 2.73. The van der Waals surface area contributed by atoms with Gasteiger partial charge in [0.15, 0.2) is 11.6 Å². The number of rotatable bonds is 7. The molecule has 102 valence electrons. The van der Waals surface area contributed by atoms with E-state index in [4.69, 9.17) is 4.74 Å². The van der Waals surface area contributed by atoms with Gasteiger partial charge in [-0.05, 0) is 30.9 Å². The summed E-state index contributed by atoms with van der Waals surface area (Å²) < 4.78 is 5.78. The van der Waals surface area contributed by atoms with Crippen LogP contribution in [0.2, 0.25) is 0 Å². The second-order valence-corrected chi connectivity index (χ2v) is 4.89. The normalized spacial score (nSPS) is 24.3. The third kappa shape index (κ3) is 3.29. The van der Waals surface area contributed by atoms with E-state index in [1.807, 2.05) is 13.8 Å². The van der Waals surface area contributed by atoms with E-state index in [0.717, 1.165) is 19.3 Å². The van der Waals surface area contributed by atoms with Crippen LogP contribution < -0.4 is 0 Å². The molecule has 1 rings (SSSR count). The summed E-state index contributed by atoms with van der Waals surface area (Å²) in [4.78, 5) is 24.1. The first-order valence-corrected chi connectivity index (χ1v) is 7.01. The average molecular weight is 252 g/mol. The summed E-state index contributed by atoms with van der Waals surface area (Å²) in [6.45, 7) is 6.50. The summed E-state index contributed by atoms with van der Waals surface area (Å²) in [5, 5.41) is 0. The van der Waals surface area contributed by atoms with Crippen molar-refractivity contribution in [2.45, 2.75) is 64.9 Å². The van der Waals surface area contributed by atoms with Crippen LogP contribution >= 0.6 is 0 Å². The van der Waals surface area contributed by atoms with Gasteiger partial charge in [-0.15, -0.1) is 0 Å². The molecule has 0 radical (unpaired) electrons. The highest BCUT2D eigenvalue weighted by Gasteiger charge is 2.42. The molecule has 0 saturated heterocycles. The van der Waals surface area contributed by atoms with Gasteiger partial charge in [0.25, 0.3) is 0 Å². The maximum Gasteiger partial charge on any atom is 0.188 e. The van der Waals surface area contributed by atoms with Crippen LogP contribution in [0.25, 0.3) is 0 Å². The summed E-state index contributed by atoms with van der Waals surface area (Å²) in [7, 11) is 0. The molecular weight excluding hydrogens is 228 g/mol. The third-order valence-electron chi connectivity index (χ3n) is 3.64. The highest BCUT2D eigenvalue weighted by molar-refractivity contribution is 6.12. The average Bonchev–Trinajstić information content (AvgIpc) is 2.38. The number of carbonyl (C=O) groups is 2. The first kappa shape index (κ1) is 15.1. The fourth-order valence-electron chi connectivity index (χ4n) is 2.27. The van der Waals surface area contributed by atoms with Crippen molar-refractivity contribution in [3.63, 3.8) is 0 Å². The van der Waals surface area contributed by atoms with Crippen molar-refractivity contribution in [2.24, 2.45) is 0 Å². The third-order valence-corrected chi connectivity index (χ3v) is 3.64. The topological polar surface area (TPSA) is 43.4 Å². The molecule has 0 saturated carbocycles. The van der Waals surface area contributed by atoms with Crippen molar-refractivity contribution in [2.75, 3.05) is 6.61 Å². The van der Waals surface area contributed by atoms with Gasteiger partial charge in [-0.25, -0.2) is 0 Å². The van der Waals surface area contributed by atoms with Crippen LogP contribution in [0.15, 0.2) is 11.6 Å². The smallest absolute Gasteiger partial charge is 0.188 e. The first-order chi connectivity index (χ1) is 8.59. The van der Waals surface area contributed by atoms with Gasteiger partial charge in [0.2, 0.25) is 0 Å². The van der Waals surface area contributed by atoms with Crippen LogP contribution in [-0.2, 0) is 14.3 Å². The van der Waals surface area contributed by atoms with Crippen LogP contribution in [0.4, 0.5) is 0 Å². The lowest BCUT2D eigenvalue weighted by Gasteiger charge is -2.33. The van der Waals surface area contributed by atoms with Gasteiger partial charge >= 0.3 is 0 Å². The van der Waals surface area contributed by atoms with Crippen LogP contribution in [-0.4, -0.2) is 23.8 Å². The molecule has 0 N–H and O–H groups in total. The second kappa shape index (κ2) is 6.83. The number of ketones is 2. The molecule has 0 spiro atoms. The molecule has 0 heterocycles. The van der Waals surface area contributed by atoms with Crippen LogP contribution in [0.3, 0.4) is 0 Å². The molecule has 0 aromatic rings. The number of ether oxygens (including phenoxy) is 1. The van der Waals surface area contributed by atoms with Gasteiger partial charge in [0, 0.05) is 13.0 Å². The Morgan fingerprint density at radius 2 is 1.94 bits per heavy atom. The maximum atomic E-state index is 12.2. The molecule has 0 aliphatic heterocycles. The quantitative estimate of drug-likeness (QED) is 0.653. The van der Waals surface area contributed by atoms with Crippen LogP contribution in [0, 0.1) is 0 Å². The number of carbonyl (C=O) groups excluding carboxylic acids is 2. The fourth-order valence-corrected chi connectivity index (χ4v) is 2.27. The van der Waals surface area contributed by atoms with Crippen molar-refractivity contribution in [1.29, 1.82) is 0 Å². The van der Waals surface area contributed by atoms with E-state index < -0.39 is 5.60 Å². The molecule has 0 amide bonds. The van der Waals surface area contributed by atoms with Crippen LogP contribution in [0.1, 0.15) is 59.3 Å². The number of hydrogen-bond donors (Lipinski definition) is 0.